The van der Waals surface area contributed by atoms with Crippen LogP contribution in [-0.4, -0.2) is 44.9 Å². The second-order valence-electron chi connectivity index (χ2n) is 36.6. The maximum atomic E-state index is 6.42. The summed E-state index contributed by atoms with van der Waals surface area (Å²) in [6, 6.07) is 152. The topological polar surface area (TPSA) is 155 Å². The van der Waals surface area contributed by atoms with E-state index in [1.165, 1.54) is 55.6 Å². The molecule has 0 unspecified atom stereocenters. The van der Waals surface area contributed by atoms with Crippen LogP contribution in [0.25, 0.3) is 167 Å². The molecule has 15 heteroatoms. The molecule has 0 amide bonds. The maximum Gasteiger partial charge on any atom is 0.216 e. The minimum Gasteiger partial charge on any atom is -0.499 e. The van der Waals surface area contributed by atoms with Crippen molar-refractivity contribution in [2.24, 2.45) is 0 Å². The summed E-state index contributed by atoms with van der Waals surface area (Å²) < 4.78 is 18.6. The van der Waals surface area contributed by atoms with Gasteiger partial charge in [0.25, 0.3) is 0 Å². The second-order valence-corrected chi connectivity index (χ2v) is 36.6. The zero-order valence-electron chi connectivity index (χ0n) is 81.7. The number of fused-ring (bicyclic) bond motifs is 9. The first-order chi connectivity index (χ1) is 69.3. The standard InChI is InChI=1S/2C32H25N2O.C26H21N2O.C17H12N.C12H10N.C11H8N.3Ir/c1-21-18-27-26-19-24(28-20-23(16-17-33-28)22-10-6-4-7-11-22)14-15-29(26)35-30(27)31(34-21)32(2,3)25-12-8-5-9-13-25;1-21-18-27(33-20-26(21)22-10-6-4-7-11-22)23-14-15-28-25(19-23)31-29(35-28)16-17-30(34-31)32(2,3)24-12-8-5-9-13-24;1-17-13-14-27-22(15-17)18-9-11-23-21(16-18)20-10-12-24(28-25(20)29-23)26(2,3)19-7-5-4-6-8-19;1-2-7-14(8-3-1)15-9-6-10-16(13-15)17-11-4-5-12-18-17;1-10-7-8-12(13-9-10)11-5-3-2-4-6-11;1-2-6-10(7-3-1)11-8-4-5-9-12-11;;;/h2*4-13,15-20H,1-3H3;4-8,10-16H,1-3H3;1-9,11-13H;2-5,7-9H,1H3;1-6,8-9H;;;/q6*-1;;;. The maximum absolute atomic E-state index is 6.42. The smallest absolute Gasteiger partial charge is 0.216 e. The summed E-state index contributed by atoms with van der Waals surface area (Å²) in [5.41, 5.74) is 34.4. The summed E-state index contributed by atoms with van der Waals surface area (Å²) in [7, 11) is 0. The van der Waals surface area contributed by atoms with E-state index in [0.29, 0.717) is 5.71 Å². The van der Waals surface area contributed by atoms with Crippen molar-refractivity contribution in [1.29, 1.82) is 0 Å². The van der Waals surface area contributed by atoms with Gasteiger partial charge in [0.1, 0.15) is 11.2 Å². The van der Waals surface area contributed by atoms with Crippen LogP contribution in [0.5, 0.6) is 0 Å². The van der Waals surface area contributed by atoms with Gasteiger partial charge in [0.05, 0.1) is 39.3 Å². The molecular weight excluding hydrogens is 2310 g/mol. The zero-order chi connectivity index (χ0) is 97.5. The van der Waals surface area contributed by atoms with E-state index in [0.717, 1.165) is 162 Å². The number of benzene rings is 12. The molecule has 0 aliphatic heterocycles. The molecule has 0 aliphatic carbocycles. The van der Waals surface area contributed by atoms with Gasteiger partial charge in [0.2, 0.25) is 5.71 Å². The second kappa shape index (κ2) is 46.6. The van der Waals surface area contributed by atoms with E-state index in [1.807, 2.05) is 221 Å². The fraction of sp³-hybridized carbons (Fsp3) is 0.100. The Morgan fingerprint density at radius 2 is 0.703 bits per heavy atom. The molecular formula is C130H101Ir3N9O3-6. The van der Waals surface area contributed by atoms with Gasteiger partial charge in [0, 0.05) is 136 Å². The van der Waals surface area contributed by atoms with Crippen molar-refractivity contribution in [3.8, 4) is 101 Å². The Balaban J connectivity index is 0.000000129. The van der Waals surface area contributed by atoms with E-state index in [1.54, 1.807) is 12.4 Å². The number of nitrogens with zero attached hydrogens (tertiary/aromatic N) is 9. The average Bonchev–Trinajstić information content (AvgIpc) is 1.61. The Morgan fingerprint density at radius 1 is 0.255 bits per heavy atom. The van der Waals surface area contributed by atoms with Gasteiger partial charge >= 0.3 is 0 Å². The van der Waals surface area contributed by atoms with Gasteiger partial charge in [-0.05, 0) is 172 Å². The van der Waals surface area contributed by atoms with Crippen LogP contribution in [0.3, 0.4) is 0 Å². The van der Waals surface area contributed by atoms with E-state index >= 15 is 0 Å². The molecule has 24 rings (SSSR count). The number of aryl methyl sites for hydroxylation is 4. The molecule has 12 nitrogen and oxygen atoms in total. The summed E-state index contributed by atoms with van der Waals surface area (Å²) in [4.78, 5) is 41.7. The molecule has 12 aromatic heterocycles. The van der Waals surface area contributed by atoms with E-state index < -0.39 is 0 Å². The molecule has 0 atom stereocenters. The Morgan fingerprint density at radius 3 is 1.24 bits per heavy atom. The summed E-state index contributed by atoms with van der Waals surface area (Å²) in [5, 5.41) is 5.15. The predicted octanol–water partition coefficient (Wildman–Crippen LogP) is 32.4. The van der Waals surface area contributed by atoms with E-state index in [2.05, 4.69) is 329 Å². The van der Waals surface area contributed by atoms with Gasteiger partial charge in [-0.25, -0.2) is 9.97 Å². The summed E-state index contributed by atoms with van der Waals surface area (Å²) in [5.74, 6) is 0. The number of pyridine rings is 9. The Bertz CT molecular complexity index is 8350. The van der Waals surface area contributed by atoms with Crippen molar-refractivity contribution in [1.82, 2.24) is 44.9 Å². The van der Waals surface area contributed by atoms with Gasteiger partial charge in [-0.3, -0.25) is 4.98 Å². The summed E-state index contributed by atoms with van der Waals surface area (Å²) in [6.45, 7) is 21.5. The summed E-state index contributed by atoms with van der Waals surface area (Å²) >= 11 is 0. The van der Waals surface area contributed by atoms with Gasteiger partial charge in [-0.15, -0.1) is 178 Å². The van der Waals surface area contributed by atoms with Gasteiger partial charge in [-0.2, -0.15) is 0 Å². The molecule has 0 aliphatic rings. The fourth-order valence-corrected chi connectivity index (χ4v) is 17.5. The van der Waals surface area contributed by atoms with Gasteiger partial charge in [0.15, 0.2) is 0 Å². The van der Waals surface area contributed by atoms with Crippen LogP contribution < -0.4 is 0 Å². The molecule has 0 saturated carbocycles. The molecule has 145 heavy (non-hydrogen) atoms. The molecule has 24 aromatic rings. The predicted molar refractivity (Wildman–Crippen MR) is 577 cm³/mol. The van der Waals surface area contributed by atoms with Crippen LogP contribution in [0.4, 0.5) is 0 Å². The third-order valence-corrected chi connectivity index (χ3v) is 25.6. The molecule has 12 aromatic carbocycles. The third-order valence-electron chi connectivity index (χ3n) is 25.6. The van der Waals surface area contributed by atoms with Crippen LogP contribution in [0, 0.1) is 64.1 Å². The van der Waals surface area contributed by atoms with Crippen LogP contribution in [0.1, 0.15) is 97.7 Å². The van der Waals surface area contributed by atoms with Crippen LogP contribution >= 0.6 is 0 Å². The Kier molecular flexibility index (Phi) is 32.9. The third kappa shape index (κ3) is 23.6. The minimum atomic E-state index is -0.308. The number of rotatable bonds is 15. The quantitative estimate of drug-likeness (QED) is 0.0897. The number of furan rings is 3. The molecule has 0 N–H and O–H groups in total. The van der Waals surface area contributed by atoms with Crippen LogP contribution in [0.2, 0.25) is 0 Å². The molecule has 12 heterocycles. The first kappa shape index (κ1) is 102. The minimum absolute atomic E-state index is 0. The molecule has 0 spiro atoms. The van der Waals surface area contributed by atoms with Crippen LogP contribution in [0.15, 0.2) is 445 Å². The number of aromatic nitrogens is 9. The van der Waals surface area contributed by atoms with E-state index in [9.17, 15) is 0 Å². The van der Waals surface area contributed by atoms with Crippen molar-refractivity contribution >= 4 is 66.1 Å². The van der Waals surface area contributed by atoms with Gasteiger partial charge in [-0.1, -0.05) is 294 Å². The zero-order valence-corrected chi connectivity index (χ0v) is 88.9. The largest absolute Gasteiger partial charge is 0.499 e. The summed E-state index contributed by atoms with van der Waals surface area (Å²) in [6.07, 6.45) is 11.1. The molecule has 0 bridgehead atoms. The molecule has 0 fully saturated rings. The van der Waals surface area contributed by atoms with Crippen molar-refractivity contribution in [2.45, 2.75) is 85.5 Å². The first-order valence-corrected chi connectivity index (χ1v) is 47.5. The Labute approximate surface area is 887 Å². The monoisotopic (exact) mass is 2410 g/mol. The molecule has 0 saturated heterocycles. The van der Waals surface area contributed by atoms with Crippen molar-refractivity contribution in [3.63, 3.8) is 0 Å². The van der Waals surface area contributed by atoms with E-state index in [4.69, 9.17) is 33.2 Å². The van der Waals surface area contributed by atoms with Crippen molar-refractivity contribution in [2.75, 3.05) is 0 Å². The van der Waals surface area contributed by atoms with Crippen LogP contribution in [-0.2, 0) is 76.6 Å². The SMILES string of the molecule is Cc1cc(-c2[c-]cc3oc4ccc(C(C)(C)c5ccccc5)nc4c3c2)ncc1-c1ccccc1.Cc1cc2c(oc3c[c-]c(-c4cc(-c5ccccc5)ccn4)cc32)c(C(C)(C)c2ccccc2)n1.Cc1ccc(-c2[c-]cccc2)nc1.Cc1ccnc(-c2[c-]cc3oc4nc(C(C)(C)c5ccccc5)ccc4c3c2)c1.[Ir].[Ir].[Ir].[c-]1ccc(-c2ccccc2)cc1-c1ccccn1.[c-]1ccccc1-c1ccccn1. The van der Waals surface area contributed by atoms with Gasteiger partial charge < -0.3 is 43.2 Å². The van der Waals surface area contributed by atoms with Crippen molar-refractivity contribution < 1.29 is 73.6 Å². The van der Waals surface area contributed by atoms with Crippen molar-refractivity contribution in [3.05, 3.63) is 524 Å². The fourth-order valence-electron chi connectivity index (χ4n) is 17.5. The number of hydrogen-bond acceptors (Lipinski definition) is 12. The first-order valence-electron chi connectivity index (χ1n) is 47.5. The molecule has 3 radical (unpaired) electrons. The molecule has 717 valence electrons. The van der Waals surface area contributed by atoms with E-state index in [-0.39, 0.29) is 76.6 Å². The normalized spacial score (nSPS) is 11.1. The number of hydrogen-bond donors (Lipinski definition) is 0. The average molecular weight is 2410 g/mol. The Hall–Kier alpha value is -15.7.